The van der Waals surface area contributed by atoms with Gasteiger partial charge in [0, 0.05) is 7.05 Å². The van der Waals surface area contributed by atoms with Gasteiger partial charge in [0.05, 0.1) is 18.2 Å². The fraction of sp³-hybridized carbons (Fsp3) is 0.308. The number of hydrogen-bond acceptors (Lipinski definition) is 7. The molecule has 0 saturated carbocycles. The lowest BCUT2D eigenvalue weighted by molar-refractivity contribution is 0.303. The summed E-state index contributed by atoms with van der Waals surface area (Å²) in [6, 6.07) is 5.68. The molecule has 1 aromatic carbocycles. The molecule has 0 spiro atoms. The normalized spacial score (nSPS) is 10.1. The van der Waals surface area contributed by atoms with E-state index in [4.69, 9.17) is 14.2 Å². The maximum Gasteiger partial charge on any atom is 0.330 e. The van der Waals surface area contributed by atoms with E-state index in [0.29, 0.717) is 18.3 Å². The van der Waals surface area contributed by atoms with Gasteiger partial charge in [0.1, 0.15) is 11.5 Å². The molecule has 0 aliphatic heterocycles. The second-order valence-corrected chi connectivity index (χ2v) is 4.66. The first-order valence-corrected chi connectivity index (χ1v) is 7.03. The van der Waals surface area contributed by atoms with Crippen molar-refractivity contribution in [3.8, 4) is 23.5 Å². The van der Waals surface area contributed by atoms with Crippen molar-refractivity contribution in [1.29, 1.82) is 0 Å². The van der Waals surface area contributed by atoms with Crippen molar-refractivity contribution in [3.05, 3.63) is 22.7 Å². The molecule has 1 N–H and O–H groups in total. The zero-order valence-corrected chi connectivity index (χ0v) is 13.5. The zero-order chi connectivity index (χ0) is 15.2. The van der Waals surface area contributed by atoms with E-state index in [9.17, 15) is 0 Å². The van der Waals surface area contributed by atoms with Gasteiger partial charge in [0.15, 0.2) is 0 Å². The minimum Gasteiger partial charge on any atom is -0.497 e. The Bertz CT molecular complexity index is 624. The maximum absolute atomic E-state index is 5.65. The number of halogens is 1. The lowest BCUT2D eigenvalue weighted by Crippen LogP contribution is -2.05. The van der Waals surface area contributed by atoms with Gasteiger partial charge in [-0.1, -0.05) is 0 Å². The van der Waals surface area contributed by atoms with Crippen LogP contribution >= 0.6 is 15.9 Å². The molecule has 0 amide bonds. The Morgan fingerprint density at radius 1 is 1.19 bits per heavy atom. The molecule has 0 saturated heterocycles. The number of methoxy groups -OCH3 is 1. The van der Waals surface area contributed by atoms with Crippen molar-refractivity contribution in [2.24, 2.45) is 0 Å². The molecule has 1 heterocycles. The number of aromatic nitrogens is 3. The molecule has 0 unspecified atom stereocenters. The van der Waals surface area contributed by atoms with Crippen LogP contribution < -0.4 is 19.5 Å². The van der Waals surface area contributed by atoms with E-state index in [2.05, 4.69) is 36.2 Å². The molecule has 1 aromatic heterocycles. The predicted molar refractivity (Wildman–Crippen MR) is 81.3 cm³/mol. The highest BCUT2D eigenvalue weighted by molar-refractivity contribution is 9.10. The number of nitrogens with zero attached hydrogens (tertiary/aromatic N) is 3. The summed E-state index contributed by atoms with van der Waals surface area (Å²) < 4.78 is 16.8. The highest BCUT2D eigenvalue weighted by Gasteiger charge is 2.11. The van der Waals surface area contributed by atoms with Crippen molar-refractivity contribution in [3.63, 3.8) is 0 Å². The van der Waals surface area contributed by atoms with Gasteiger partial charge >= 0.3 is 12.0 Å². The molecule has 0 atom stereocenters. The Hall–Kier alpha value is -2.09. The molecule has 21 heavy (non-hydrogen) atoms. The lowest BCUT2D eigenvalue weighted by Gasteiger charge is -2.09. The second-order valence-electron chi connectivity index (χ2n) is 3.81. The molecular formula is C13H15BrN4O3. The highest BCUT2D eigenvalue weighted by Crippen LogP contribution is 2.32. The summed E-state index contributed by atoms with van der Waals surface area (Å²) in [4.78, 5) is 12.3. The van der Waals surface area contributed by atoms with E-state index in [1.165, 1.54) is 0 Å². The summed E-state index contributed by atoms with van der Waals surface area (Å²) in [7, 11) is 3.31. The van der Waals surface area contributed by atoms with Crippen molar-refractivity contribution >= 4 is 21.9 Å². The third kappa shape index (κ3) is 3.94. The number of hydrogen-bond donors (Lipinski definition) is 1. The SMILES string of the molecule is CCOc1nc(NC)nc(Oc2ccc(OC)cc2Br)n1. The van der Waals surface area contributed by atoms with Gasteiger partial charge in [-0.2, -0.15) is 9.97 Å². The van der Waals surface area contributed by atoms with Crippen LogP contribution in [0.15, 0.2) is 22.7 Å². The van der Waals surface area contributed by atoms with E-state index in [1.807, 2.05) is 6.92 Å². The third-order valence-electron chi connectivity index (χ3n) is 2.43. The maximum atomic E-state index is 5.65. The first-order chi connectivity index (χ1) is 10.2. The molecule has 7 nitrogen and oxygen atoms in total. The molecule has 0 fully saturated rings. The Morgan fingerprint density at radius 2 is 1.95 bits per heavy atom. The molecule has 0 aliphatic carbocycles. The van der Waals surface area contributed by atoms with Gasteiger partial charge in [-0.25, -0.2) is 0 Å². The van der Waals surface area contributed by atoms with Crippen molar-refractivity contribution in [2.45, 2.75) is 6.92 Å². The van der Waals surface area contributed by atoms with Crippen LogP contribution in [0.1, 0.15) is 6.92 Å². The van der Waals surface area contributed by atoms with Crippen LogP contribution in [0.2, 0.25) is 0 Å². The van der Waals surface area contributed by atoms with Gasteiger partial charge in [0.2, 0.25) is 5.95 Å². The van der Waals surface area contributed by atoms with Crippen molar-refractivity contribution in [1.82, 2.24) is 15.0 Å². The summed E-state index contributed by atoms with van der Waals surface area (Å²) in [6.07, 6.45) is 0. The molecular weight excluding hydrogens is 340 g/mol. The van der Waals surface area contributed by atoms with E-state index in [-0.39, 0.29) is 12.0 Å². The Balaban J connectivity index is 2.27. The third-order valence-corrected chi connectivity index (χ3v) is 3.05. The summed E-state index contributed by atoms with van der Waals surface area (Å²) in [5.41, 5.74) is 0. The van der Waals surface area contributed by atoms with E-state index < -0.39 is 0 Å². The van der Waals surface area contributed by atoms with Gasteiger partial charge in [-0.05, 0) is 41.1 Å². The molecule has 0 aliphatic rings. The summed E-state index contributed by atoms with van der Waals surface area (Å²) >= 11 is 3.41. The highest BCUT2D eigenvalue weighted by atomic mass is 79.9. The number of nitrogens with one attached hydrogen (secondary N) is 1. The molecule has 2 aromatic rings. The van der Waals surface area contributed by atoms with Crippen LogP contribution in [-0.2, 0) is 0 Å². The molecule has 0 radical (unpaired) electrons. The Labute approximate surface area is 130 Å². The number of anilines is 1. The van der Waals surface area contributed by atoms with Crippen molar-refractivity contribution < 1.29 is 14.2 Å². The largest absolute Gasteiger partial charge is 0.497 e. The van der Waals surface area contributed by atoms with Crippen LogP contribution in [0.4, 0.5) is 5.95 Å². The van der Waals surface area contributed by atoms with Crippen LogP contribution in [0, 0.1) is 0 Å². The lowest BCUT2D eigenvalue weighted by atomic mass is 10.3. The minimum absolute atomic E-state index is 0.142. The zero-order valence-electron chi connectivity index (χ0n) is 11.9. The average Bonchev–Trinajstić information content (AvgIpc) is 2.49. The monoisotopic (exact) mass is 354 g/mol. The fourth-order valence-electron chi connectivity index (χ4n) is 1.48. The van der Waals surface area contributed by atoms with Gasteiger partial charge in [0.25, 0.3) is 0 Å². The second kappa shape index (κ2) is 7.07. The van der Waals surface area contributed by atoms with Crippen molar-refractivity contribution in [2.75, 3.05) is 26.1 Å². The quantitative estimate of drug-likeness (QED) is 0.854. The fourth-order valence-corrected chi connectivity index (χ4v) is 1.92. The van der Waals surface area contributed by atoms with E-state index in [1.54, 1.807) is 32.4 Å². The van der Waals surface area contributed by atoms with Crippen LogP contribution in [-0.4, -0.2) is 35.7 Å². The number of ether oxygens (including phenoxy) is 3. The average molecular weight is 355 g/mol. The Morgan fingerprint density at radius 3 is 2.57 bits per heavy atom. The Kier molecular flexibility index (Phi) is 5.15. The molecule has 8 heteroatoms. The van der Waals surface area contributed by atoms with E-state index in [0.717, 1.165) is 10.2 Å². The molecule has 2 rings (SSSR count). The molecule has 112 valence electrons. The number of rotatable bonds is 6. The summed E-state index contributed by atoms with van der Waals surface area (Å²) in [5.74, 6) is 1.65. The van der Waals surface area contributed by atoms with Crippen LogP contribution in [0.3, 0.4) is 0 Å². The van der Waals surface area contributed by atoms with Gasteiger partial charge < -0.3 is 19.5 Å². The summed E-state index contributed by atoms with van der Waals surface area (Å²) in [5, 5.41) is 2.83. The van der Waals surface area contributed by atoms with Crippen LogP contribution in [0.25, 0.3) is 0 Å². The standard InChI is InChI=1S/C13H15BrN4O3/c1-4-20-12-16-11(15-2)17-13(18-12)21-10-6-5-8(19-3)7-9(10)14/h5-7H,4H2,1-3H3,(H,15,16,17,18). The first-order valence-electron chi connectivity index (χ1n) is 6.24. The topological polar surface area (TPSA) is 78.4 Å². The number of benzene rings is 1. The predicted octanol–water partition coefficient (Wildman–Crippen LogP) is 2.88. The molecule has 0 bridgehead atoms. The van der Waals surface area contributed by atoms with Gasteiger partial charge in [-0.15, -0.1) is 4.98 Å². The van der Waals surface area contributed by atoms with Gasteiger partial charge in [-0.3, -0.25) is 0 Å². The van der Waals surface area contributed by atoms with E-state index >= 15 is 0 Å². The minimum atomic E-state index is 0.142. The smallest absolute Gasteiger partial charge is 0.330 e. The van der Waals surface area contributed by atoms with Crippen LogP contribution in [0.5, 0.6) is 23.5 Å². The summed E-state index contributed by atoms with van der Waals surface area (Å²) in [6.45, 7) is 2.31. The first kappa shape index (κ1) is 15.3.